The molecule has 6 rings (SSSR count). The number of benzene rings is 2. The van der Waals surface area contributed by atoms with Crippen molar-refractivity contribution in [3.05, 3.63) is 75.8 Å². The fraction of sp³-hybridized carbons (Fsp3) is 0.761. The van der Waals surface area contributed by atoms with Gasteiger partial charge in [-0.15, -0.1) is 0 Å². The van der Waals surface area contributed by atoms with Crippen molar-refractivity contribution in [3.63, 3.8) is 0 Å². The minimum Gasteiger partial charge on any atom is -0.481 e. The Bertz CT molecular complexity index is 2130. The molecule has 0 aliphatic heterocycles. The summed E-state index contributed by atoms with van der Waals surface area (Å²) in [6.45, 7) is 20.7. The molecule has 2 aromatic rings. The number of aryl methyl sites for hydroxylation is 1. The summed E-state index contributed by atoms with van der Waals surface area (Å²) in [5, 5.41) is 10.4. The number of esters is 1. The van der Waals surface area contributed by atoms with Crippen LogP contribution in [0.5, 0.6) is 5.75 Å². The molecule has 0 radical (unpaired) electrons. The van der Waals surface area contributed by atoms with Gasteiger partial charge < -0.3 is 18.9 Å². The molecular formula is C67H106ClO7P. The summed E-state index contributed by atoms with van der Waals surface area (Å²) in [5.41, 5.74) is 4.26. The van der Waals surface area contributed by atoms with Crippen LogP contribution in [0.4, 0.5) is 0 Å². The average molecular weight is 1090 g/mol. The smallest absolute Gasteiger partial charge is 0.397 e. The van der Waals surface area contributed by atoms with Gasteiger partial charge in [0, 0.05) is 0 Å². The number of aliphatic carboxylic acids is 1. The molecule has 0 heterocycles. The van der Waals surface area contributed by atoms with Crippen molar-refractivity contribution < 1.29 is 33.0 Å². The second-order valence-electron chi connectivity index (χ2n) is 27.0. The van der Waals surface area contributed by atoms with Crippen LogP contribution in [-0.2, 0) is 42.6 Å². The number of hydrogen-bond acceptors (Lipinski definition) is 6. The molecule has 0 bridgehead atoms. The number of hydrogen-bond donors (Lipinski definition) is 1. The lowest BCUT2D eigenvalue weighted by Gasteiger charge is -2.58. The summed E-state index contributed by atoms with van der Waals surface area (Å²) in [6, 6.07) is 14.2. The standard InChI is InChI=1S/C67H106ClO7P/c1-49(2)29-28-30-50(3)57-36-37-58-56-35-34-54-46-55(38-40-66(54,8)59(56)39-41-67(57,58)9)74-76(75-61-33-26-25-32-60(61)68)73-42-27-23-21-19-17-15-13-11-12-14-16-18-20-22-24-31-51-43-52(47-64(4,5)62(69)70)45-53(44-51)48-65(6,7)63(71)72-10/h25-26,32-34,43-45,49-50,55-59H,11-24,27-31,35-42,46-48H2,1-10H3,(H,69,70). The van der Waals surface area contributed by atoms with Crippen LogP contribution in [0.1, 0.15) is 246 Å². The Morgan fingerprint density at radius 1 is 0.724 bits per heavy atom. The molecule has 9 atom stereocenters. The van der Waals surface area contributed by atoms with Crippen LogP contribution in [0.2, 0.25) is 5.02 Å². The molecule has 0 spiro atoms. The first-order chi connectivity index (χ1) is 36.3. The number of carbonyl (C=O) groups excluding carboxylic acids is 1. The zero-order valence-electron chi connectivity index (χ0n) is 49.6. The van der Waals surface area contributed by atoms with Crippen molar-refractivity contribution in [3.8, 4) is 5.75 Å². The van der Waals surface area contributed by atoms with E-state index in [1.54, 1.807) is 19.4 Å². The van der Waals surface area contributed by atoms with Crippen molar-refractivity contribution in [2.45, 2.75) is 255 Å². The van der Waals surface area contributed by atoms with Crippen LogP contribution in [0.25, 0.3) is 0 Å². The number of carboxylic acids is 1. The molecular weight excluding hydrogens is 983 g/mol. The maximum atomic E-state index is 12.4. The van der Waals surface area contributed by atoms with Gasteiger partial charge in [-0.3, -0.25) is 14.1 Å². The summed E-state index contributed by atoms with van der Waals surface area (Å²) >= 11 is 6.61. The van der Waals surface area contributed by atoms with Crippen LogP contribution in [0.3, 0.4) is 0 Å². The maximum absolute atomic E-state index is 12.4. The third-order valence-corrected chi connectivity index (χ3v) is 21.1. The van der Waals surface area contributed by atoms with Gasteiger partial charge in [0.15, 0.2) is 0 Å². The largest absolute Gasteiger partial charge is 0.481 e. The summed E-state index contributed by atoms with van der Waals surface area (Å²) in [4.78, 5) is 24.4. The van der Waals surface area contributed by atoms with E-state index in [2.05, 4.69) is 58.9 Å². The van der Waals surface area contributed by atoms with Gasteiger partial charge in [0.1, 0.15) is 5.75 Å². The van der Waals surface area contributed by atoms with Crippen LogP contribution in [0.15, 0.2) is 54.1 Å². The molecule has 0 saturated heterocycles. The highest BCUT2D eigenvalue weighted by Crippen LogP contribution is 2.68. The first-order valence-corrected chi connectivity index (χ1v) is 32.4. The molecule has 2 aromatic carbocycles. The predicted octanol–water partition coefficient (Wildman–Crippen LogP) is 19.9. The molecule has 4 aliphatic rings. The lowest BCUT2D eigenvalue weighted by molar-refractivity contribution is -0.150. The number of carboxylic acid groups (broad SMARTS) is 1. The lowest BCUT2D eigenvalue weighted by Crippen LogP contribution is -2.50. The number of para-hydroxylation sites is 1. The Balaban J connectivity index is 0.834. The number of carbonyl (C=O) groups is 2. The topological polar surface area (TPSA) is 91.3 Å². The fourth-order valence-electron chi connectivity index (χ4n) is 15.0. The van der Waals surface area contributed by atoms with E-state index in [0.717, 1.165) is 85.2 Å². The second kappa shape index (κ2) is 29.9. The van der Waals surface area contributed by atoms with Gasteiger partial charge in [-0.05, 0) is 186 Å². The van der Waals surface area contributed by atoms with Gasteiger partial charge in [0.05, 0.1) is 35.7 Å². The highest BCUT2D eigenvalue weighted by Gasteiger charge is 2.59. The Morgan fingerprint density at radius 2 is 1.32 bits per heavy atom. The van der Waals surface area contributed by atoms with Gasteiger partial charge in [-0.2, -0.15) is 0 Å². The Labute approximate surface area is 469 Å². The van der Waals surface area contributed by atoms with E-state index in [1.807, 2.05) is 38.1 Å². The summed E-state index contributed by atoms with van der Waals surface area (Å²) in [6.07, 6.45) is 38.0. The quantitative estimate of drug-likeness (QED) is 0.0323. The molecule has 428 valence electrons. The van der Waals surface area contributed by atoms with Gasteiger partial charge in [0.25, 0.3) is 0 Å². The Morgan fingerprint density at radius 3 is 1.92 bits per heavy atom. The first-order valence-electron chi connectivity index (χ1n) is 30.9. The Kier molecular flexibility index (Phi) is 24.7. The molecule has 1 N–H and O–H groups in total. The molecule has 4 aliphatic carbocycles. The van der Waals surface area contributed by atoms with E-state index in [1.165, 1.54) is 148 Å². The predicted molar refractivity (Wildman–Crippen MR) is 317 cm³/mol. The van der Waals surface area contributed by atoms with Crippen LogP contribution in [0, 0.1) is 57.2 Å². The fourth-order valence-corrected chi connectivity index (χ4v) is 16.4. The van der Waals surface area contributed by atoms with Crippen molar-refractivity contribution >= 4 is 32.1 Å². The normalized spacial score (nSPS) is 25.3. The van der Waals surface area contributed by atoms with E-state index in [0.29, 0.717) is 35.6 Å². The number of fused-ring (bicyclic) bond motifs is 5. The number of methoxy groups -OCH3 is 1. The number of rotatable bonds is 34. The molecule has 76 heavy (non-hydrogen) atoms. The van der Waals surface area contributed by atoms with E-state index in [-0.39, 0.29) is 17.5 Å². The third-order valence-electron chi connectivity index (χ3n) is 19.5. The highest BCUT2D eigenvalue weighted by molar-refractivity contribution is 7.42. The van der Waals surface area contributed by atoms with Crippen molar-refractivity contribution in [2.75, 3.05) is 13.7 Å². The van der Waals surface area contributed by atoms with Crippen LogP contribution >= 0.6 is 20.2 Å². The SMILES string of the molecule is COC(=O)C(C)(C)Cc1cc(CCCCCCCCCCCCCCCCCOP(Oc2ccccc2Cl)OC2CCC3(C)C(=CCC4C3CCC3(C)C(C(C)CCCC(C)C)CCC43)C2)cc(CC(C)(C)C(=O)O)c1. The summed E-state index contributed by atoms with van der Waals surface area (Å²) < 4.78 is 24.8. The lowest BCUT2D eigenvalue weighted by atomic mass is 9.47. The van der Waals surface area contributed by atoms with Crippen molar-refractivity contribution in [2.24, 2.45) is 57.2 Å². The summed E-state index contributed by atoms with van der Waals surface area (Å²) in [5.74, 6) is 4.69. The second-order valence-corrected chi connectivity index (χ2v) is 28.5. The molecule has 7 nitrogen and oxygen atoms in total. The molecule has 9 heteroatoms. The van der Waals surface area contributed by atoms with E-state index < -0.39 is 25.4 Å². The van der Waals surface area contributed by atoms with E-state index in [4.69, 9.17) is 29.9 Å². The number of ether oxygens (including phenoxy) is 1. The van der Waals surface area contributed by atoms with Gasteiger partial charge in [0.2, 0.25) is 0 Å². The monoisotopic (exact) mass is 1090 g/mol. The summed E-state index contributed by atoms with van der Waals surface area (Å²) in [7, 11) is -0.136. The maximum Gasteiger partial charge on any atom is 0.397 e. The van der Waals surface area contributed by atoms with Crippen LogP contribution < -0.4 is 4.52 Å². The highest BCUT2D eigenvalue weighted by atomic mass is 35.5. The van der Waals surface area contributed by atoms with Gasteiger partial charge >= 0.3 is 20.5 Å². The molecule has 9 unspecified atom stereocenters. The average Bonchev–Trinajstić information content (AvgIpc) is 3.74. The van der Waals surface area contributed by atoms with Crippen molar-refractivity contribution in [1.82, 2.24) is 0 Å². The molecule has 0 aromatic heterocycles. The van der Waals surface area contributed by atoms with Gasteiger partial charge in [-0.1, -0.05) is 191 Å². The minimum atomic E-state index is -1.57. The molecule has 0 amide bonds. The zero-order chi connectivity index (χ0) is 54.9. The van der Waals surface area contributed by atoms with Crippen molar-refractivity contribution in [1.29, 1.82) is 0 Å². The van der Waals surface area contributed by atoms with E-state index >= 15 is 0 Å². The molecule has 3 saturated carbocycles. The first kappa shape index (κ1) is 62.8. The number of allylic oxidation sites excluding steroid dienone is 1. The van der Waals surface area contributed by atoms with Crippen LogP contribution in [-0.4, -0.2) is 36.9 Å². The number of halogens is 1. The molecule has 3 fully saturated rings. The van der Waals surface area contributed by atoms with Gasteiger partial charge in [-0.25, -0.2) is 0 Å². The van der Waals surface area contributed by atoms with E-state index in [9.17, 15) is 14.7 Å². The third kappa shape index (κ3) is 17.8. The minimum absolute atomic E-state index is 0.108. The Hall–Kier alpha value is -2.44. The zero-order valence-corrected chi connectivity index (χ0v) is 51.2. The number of unbranched alkanes of at least 4 members (excludes halogenated alkanes) is 14.